The van der Waals surface area contributed by atoms with Gasteiger partial charge in [-0.05, 0) is 25.2 Å². The molecule has 1 aliphatic rings. The Hall–Kier alpha value is -0.550. The minimum Gasteiger partial charge on any atom is -0.384 e. The number of rotatable bonds is 2. The number of hydrogen-bond donors (Lipinski definition) is 0. The highest BCUT2D eigenvalue weighted by Crippen LogP contribution is 2.29. The van der Waals surface area contributed by atoms with Crippen molar-refractivity contribution in [1.82, 2.24) is 0 Å². The fourth-order valence-corrected chi connectivity index (χ4v) is 1.58. The molecule has 0 aromatic heterocycles. The molecule has 0 heterocycles. The lowest BCUT2D eigenvalue weighted by atomic mass is 10.1. The molecule has 1 fully saturated rings. The van der Waals surface area contributed by atoms with Gasteiger partial charge in [0.05, 0.1) is 6.07 Å². The Morgan fingerprint density at radius 1 is 1.60 bits per heavy atom. The van der Waals surface area contributed by atoms with E-state index in [4.69, 9.17) is 10.00 Å². The van der Waals surface area contributed by atoms with E-state index in [9.17, 15) is 0 Å². The Morgan fingerprint density at radius 2 is 2.40 bits per heavy atom. The lowest BCUT2D eigenvalue weighted by Crippen LogP contribution is -2.03. The van der Waals surface area contributed by atoms with E-state index in [1.165, 1.54) is 6.42 Å². The summed E-state index contributed by atoms with van der Waals surface area (Å²) >= 11 is 0. The Balaban J connectivity index is 2.23. The molecular weight excluding hydrogens is 126 g/mol. The molecule has 0 radical (unpaired) electrons. The highest BCUT2D eigenvalue weighted by Gasteiger charge is 2.23. The Bertz CT molecular complexity index is 139. The predicted molar refractivity (Wildman–Crippen MR) is 38.3 cm³/mol. The van der Waals surface area contributed by atoms with Gasteiger partial charge in [0.2, 0.25) is 0 Å². The van der Waals surface area contributed by atoms with E-state index in [1.54, 1.807) is 7.11 Å². The number of nitriles is 1. The molecule has 1 rings (SSSR count). The van der Waals surface area contributed by atoms with E-state index in [2.05, 4.69) is 6.07 Å². The van der Waals surface area contributed by atoms with Gasteiger partial charge in [-0.1, -0.05) is 0 Å². The molecule has 0 bridgehead atoms. The summed E-state index contributed by atoms with van der Waals surface area (Å²) in [5.41, 5.74) is 0. The third-order valence-corrected chi connectivity index (χ3v) is 2.13. The van der Waals surface area contributed by atoms with Crippen LogP contribution < -0.4 is 0 Å². The predicted octanol–water partition coefficient (Wildman–Crippen LogP) is 1.57. The third kappa shape index (κ3) is 1.71. The lowest BCUT2D eigenvalue weighted by Gasteiger charge is -2.04. The van der Waals surface area contributed by atoms with E-state index >= 15 is 0 Å². The first-order valence-electron chi connectivity index (χ1n) is 3.75. The summed E-state index contributed by atoms with van der Waals surface area (Å²) in [6.45, 7) is 0.832. The first-order chi connectivity index (χ1) is 4.86. The molecule has 2 nitrogen and oxygen atoms in total. The molecule has 0 aliphatic heterocycles. The highest BCUT2D eigenvalue weighted by atomic mass is 16.5. The lowest BCUT2D eigenvalue weighted by molar-refractivity contribution is 0.154. The van der Waals surface area contributed by atoms with Gasteiger partial charge in [-0.15, -0.1) is 0 Å². The van der Waals surface area contributed by atoms with Crippen LogP contribution in [0.2, 0.25) is 0 Å². The zero-order valence-corrected chi connectivity index (χ0v) is 6.34. The topological polar surface area (TPSA) is 33.0 Å². The summed E-state index contributed by atoms with van der Waals surface area (Å²) in [7, 11) is 1.72. The van der Waals surface area contributed by atoms with Crippen LogP contribution in [0.4, 0.5) is 0 Å². The van der Waals surface area contributed by atoms with Crippen molar-refractivity contribution in [3.8, 4) is 6.07 Å². The van der Waals surface area contributed by atoms with Gasteiger partial charge in [-0.2, -0.15) is 5.26 Å². The summed E-state index contributed by atoms with van der Waals surface area (Å²) < 4.78 is 5.01. The van der Waals surface area contributed by atoms with Gasteiger partial charge >= 0.3 is 0 Å². The highest BCUT2D eigenvalue weighted by molar-refractivity contribution is 4.89. The molecule has 0 N–H and O–H groups in total. The molecule has 0 saturated heterocycles. The first kappa shape index (κ1) is 7.56. The van der Waals surface area contributed by atoms with Crippen molar-refractivity contribution in [1.29, 1.82) is 5.26 Å². The monoisotopic (exact) mass is 139 g/mol. The molecule has 1 aliphatic carbocycles. The largest absolute Gasteiger partial charge is 0.384 e. The molecule has 0 aromatic rings. The number of hydrogen-bond acceptors (Lipinski definition) is 2. The van der Waals surface area contributed by atoms with E-state index < -0.39 is 0 Å². The fourth-order valence-electron chi connectivity index (χ4n) is 1.58. The zero-order chi connectivity index (χ0) is 7.40. The number of nitrogens with zero attached hydrogens (tertiary/aromatic N) is 1. The maximum atomic E-state index is 8.56. The van der Waals surface area contributed by atoms with Gasteiger partial charge in [-0.25, -0.2) is 0 Å². The average Bonchev–Trinajstić information content (AvgIpc) is 2.37. The Labute approximate surface area is 61.8 Å². The fraction of sp³-hybridized carbons (Fsp3) is 0.875. The van der Waals surface area contributed by atoms with Crippen molar-refractivity contribution in [3.63, 3.8) is 0 Å². The van der Waals surface area contributed by atoms with Crippen molar-refractivity contribution in [2.75, 3.05) is 13.7 Å². The molecule has 0 amide bonds. The van der Waals surface area contributed by atoms with Gasteiger partial charge in [0, 0.05) is 19.6 Å². The quantitative estimate of drug-likeness (QED) is 0.581. The molecule has 2 heteroatoms. The third-order valence-electron chi connectivity index (χ3n) is 2.13. The van der Waals surface area contributed by atoms with Gasteiger partial charge < -0.3 is 4.74 Å². The van der Waals surface area contributed by atoms with Crippen molar-refractivity contribution < 1.29 is 4.74 Å². The maximum absolute atomic E-state index is 8.56. The molecule has 1 saturated carbocycles. The first-order valence-corrected chi connectivity index (χ1v) is 3.75. The Kier molecular flexibility index (Phi) is 2.70. The van der Waals surface area contributed by atoms with E-state index in [-0.39, 0.29) is 0 Å². The van der Waals surface area contributed by atoms with Crippen molar-refractivity contribution in [2.24, 2.45) is 11.8 Å². The molecule has 2 atom stereocenters. The molecule has 0 spiro atoms. The minimum absolute atomic E-state index is 0.306. The van der Waals surface area contributed by atoms with Crippen molar-refractivity contribution >= 4 is 0 Å². The van der Waals surface area contributed by atoms with Crippen LogP contribution in [0, 0.1) is 23.2 Å². The SMILES string of the molecule is COCC1CCC(C#N)C1. The second-order valence-electron chi connectivity index (χ2n) is 2.96. The second-order valence-corrected chi connectivity index (χ2v) is 2.96. The average molecular weight is 139 g/mol. The van der Waals surface area contributed by atoms with Gasteiger partial charge in [-0.3, -0.25) is 0 Å². The van der Waals surface area contributed by atoms with Crippen LogP contribution >= 0.6 is 0 Å². The summed E-state index contributed by atoms with van der Waals surface area (Å²) in [4.78, 5) is 0. The second kappa shape index (κ2) is 3.58. The van der Waals surface area contributed by atoms with Crippen LogP contribution in [-0.2, 0) is 4.74 Å². The summed E-state index contributed by atoms with van der Waals surface area (Å²) in [6, 6.07) is 2.30. The summed E-state index contributed by atoms with van der Waals surface area (Å²) in [5, 5.41) is 8.56. The van der Waals surface area contributed by atoms with Crippen LogP contribution in [0.5, 0.6) is 0 Å². The van der Waals surface area contributed by atoms with Crippen LogP contribution in [0.25, 0.3) is 0 Å². The molecule has 56 valence electrons. The van der Waals surface area contributed by atoms with Crippen LogP contribution in [-0.4, -0.2) is 13.7 Å². The van der Waals surface area contributed by atoms with Crippen LogP contribution in [0.15, 0.2) is 0 Å². The van der Waals surface area contributed by atoms with E-state index in [0.29, 0.717) is 11.8 Å². The zero-order valence-electron chi connectivity index (χ0n) is 6.34. The number of ether oxygens (including phenoxy) is 1. The van der Waals surface area contributed by atoms with Crippen molar-refractivity contribution in [3.05, 3.63) is 0 Å². The maximum Gasteiger partial charge on any atom is 0.0655 e. The van der Waals surface area contributed by atoms with Crippen LogP contribution in [0.3, 0.4) is 0 Å². The minimum atomic E-state index is 0.306. The van der Waals surface area contributed by atoms with E-state index in [0.717, 1.165) is 19.4 Å². The van der Waals surface area contributed by atoms with Crippen molar-refractivity contribution in [2.45, 2.75) is 19.3 Å². The smallest absolute Gasteiger partial charge is 0.0655 e. The standard InChI is InChI=1S/C8H13NO/c1-10-6-8-3-2-7(4-8)5-9/h7-8H,2-4,6H2,1H3. The molecule has 0 aromatic carbocycles. The van der Waals surface area contributed by atoms with Gasteiger partial charge in [0.25, 0.3) is 0 Å². The normalized spacial score (nSPS) is 32.0. The van der Waals surface area contributed by atoms with Crippen LogP contribution in [0.1, 0.15) is 19.3 Å². The van der Waals surface area contributed by atoms with E-state index in [1.807, 2.05) is 0 Å². The number of methoxy groups -OCH3 is 1. The molecular formula is C8H13NO. The Morgan fingerprint density at radius 3 is 2.90 bits per heavy atom. The summed E-state index contributed by atoms with van der Waals surface area (Å²) in [6.07, 6.45) is 3.29. The van der Waals surface area contributed by atoms with Gasteiger partial charge in [0.1, 0.15) is 0 Å². The van der Waals surface area contributed by atoms with Gasteiger partial charge in [0.15, 0.2) is 0 Å². The molecule has 2 unspecified atom stereocenters. The summed E-state index contributed by atoms with van der Waals surface area (Å²) in [5.74, 6) is 0.954. The molecule has 10 heavy (non-hydrogen) atoms.